The number of primary amides is 1. The van der Waals surface area contributed by atoms with E-state index >= 15 is 0 Å². The Balaban J connectivity index is 1.83. The van der Waals surface area contributed by atoms with E-state index in [2.05, 4.69) is 16.0 Å². The molecule has 0 aliphatic heterocycles. The molecule has 0 bridgehead atoms. The lowest BCUT2D eigenvalue weighted by molar-refractivity contribution is -0.142. The third-order valence-corrected chi connectivity index (χ3v) is 6.95. The third-order valence-electron chi connectivity index (χ3n) is 6.95. The summed E-state index contributed by atoms with van der Waals surface area (Å²) in [6, 6.07) is 15.9. The summed E-state index contributed by atoms with van der Waals surface area (Å²) in [6.07, 6.45) is -0.468. The summed E-state index contributed by atoms with van der Waals surface area (Å²) in [4.78, 5) is 63.2. The molecule has 0 heterocycles. The van der Waals surface area contributed by atoms with Crippen LogP contribution in [-0.2, 0) is 43.2 Å². The van der Waals surface area contributed by atoms with Crippen molar-refractivity contribution in [2.24, 2.45) is 11.5 Å². The van der Waals surface area contributed by atoms with Crippen molar-refractivity contribution in [2.45, 2.75) is 56.3 Å². The lowest BCUT2D eigenvalue weighted by atomic mass is 10.0. The molecule has 4 amide bonds. The van der Waals surface area contributed by atoms with Gasteiger partial charge in [-0.2, -0.15) is 0 Å². The number of nitrogens with one attached hydrogen (secondary N) is 3. The molecule has 3 aromatic rings. The lowest BCUT2D eigenvalue weighted by Gasteiger charge is -2.25. The minimum atomic E-state index is -1.46. The molecule has 4 unspecified atom stereocenters. The van der Waals surface area contributed by atoms with Crippen LogP contribution >= 0.6 is 0 Å². The monoisotopic (exact) mass is 619 g/mol. The van der Waals surface area contributed by atoms with Gasteiger partial charge in [-0.15, -0.1) is 0 Å². The molecule has 3 aromatic carbocycles. The molecular formula is C32H37N5O8. The van der Waals surface area contributed by atoms with E-state index in [0.717, 1.165) is 0 Å². The molecule has 0 saturated heterocycles. The second-order valence-corrected chi connectivity index (χ2v) is 10.6. The van der Waals surface area contributed by atoms with E-state index < -0.39 is 53.8 Å². The van der Waals surface area contributed by atoms with Crippen LogP contribution in [0.3, 0.4) is 0 Å². The molecule has 0 saturated carbocycles. The van der Waals surface area contributed by atoms with Gasteiger partial charge in [0, 0.05) is 19.3 Å². The number of carboxylic acid groups (broad SMARTS) is 1. The van der Waals surface area contributed by atoms with Crippen molar-refractivity contribution in [3.05, 3.63) is 95.6 Å². The number of phenols is 2. The number of rotatable bonds is 16. The van der Waals surface area contributed by atoms with Gasteiger partial charge in [-0.05, 0) is 53.8 Å². The fourth-order valence-corrected chi connectivity index (χ4v) is 4.48. The fraction of sp³-hybridized carbons (Fsp3) is 0.281. The standard InChI is InChI=1S/C32H37N5O8/c33-24(16-20-6-10-22(38)11-7-20)29(41)36-26(17-19-4-2-1-3-5-19)31(43)37-27(18-21-8-12-23(39)13-9-21)30(42)35-25(32(44)45)14-15-28(34)40/h1-13,24-27,38-39H,14-18,33H2,(H2,34,40)(H,35,42)(H,36,41)(H,37,43)(H,44,45). The van der Waals surface area contributed by atoms with Crippen molar-refractivity contribution in [1.29, 1.82) is 0 Å². The first-order valence-electron chi connectivity index (χ1n) is 14.2. The molecule has 0 radical (unpaired) electrons. The largest absolute Gasteiger partial charge is 0.508 e. The highest BCUT2D eigenvalue weighted by molar-refractivity contribution is 5.94. The van der Waals surface area contributed by atoms with E-state index in [9.17, 15) is 39.3 Å². The van der Waals surface area contributed by atoms with Gasteiger partial charge in [0.05, 0.1) is 6.04 Å². The molecule has 238 valence electrons. The quantitative estimate of drug-likeness (QED) is 0.110. The molecule has 3 rings (SSSR count). The summed E-state index contributed by atoms with van der Waals surface area (Å²) in [7, 11) is 0. The van der Waals surface area contributed by atoms with Crippen LogP contribution in [0.1, 0.15) is 29.5 Å². The number of aliphatic carboxylic acids is 1. The number of benzene rings is 3. The molecule has 13 nitrogen and oxygen atoms in total. The lowest BCUT2D eigenvalue weighted by Crippen LogP contribution is -2.58. The van der Waals surface area contributed by atoms with Crippen molar-refractivity contribution < 1.29 is 39.3 Å². The summed E-state index contributed by atoms with van der Waals surface area (Å²) < 4.78 is 0. The van der Waals surface area contributed by atoms with Crippen LogP contribution in [0.2, 0.25) is 0 Å². The zero-order chi connectivity index (χ0) is 32.9. The maximum atomic E-state index is 13.7. The highest BCUT2D eigenvalue weighted by atomic mass is 16.4. The highest BCUT2D eigenvalue weighted by Gasteiger charge is 2.31. The SMILES string of the molecule is NC(=O)CCC(NC(=O)C(Cc1ccc(O)cc1)NC(=O)C(Cc1ccccc1)NC(=O)C(N)Cc1ccc(O)cc1)C(=O)O. The van der Waals surface area contributed by atoms with Crippen molar-refractivity contribution in [2.75, 3.05) is 0 Å². The number of aromatic hydroxyl groups is 2. The van der Waals surface area contributed by atoms with Gasteiger partial charge in [0.15, 0.2) is 0 Å². The summed E-state index contributed by atoms with van der Waals surface area (Å²) in [5.74, 6) is -4.30. The second-order valence-electron chi connectivity index (χ2n) is 10.6. The van der Waals surface area contributed by atoms with Crippen LogP contribution in [-0.4, -0.2) is 69.1 Å². The molecule has 45 heavy (non-hydrogen) atoms. The molecular weight excluding hydrogens is 582 g/mol. The van der Waals surface area contributed by atoms with Gasteiger partial charge in [0.25, 0.3) is 0 Å². The van der Waals surface area contributed by atoms with E-state index in [-0.39, 0.29) is 43.6 Å². The van der Waals surface area contributed by atoms with Crippen LogP contribution < -0.4 is 27.4 Å². The number of carbonyl (C=O) groups is 5. The Morgan fingerprint density at radius 3 is 1.49 bits per heavy atom. The first-order chi connectivity index (χ1) is 21.4. The third kappa shape index (κ3) is 11.3. The van der Waals surface area contributed by atoms with Crippen LogP contribution in [0.15, 0.2) is 78.9 Å². The molecule has 13 heteroatoms. The molecule has 0 spiro atoms. The Morgan fingerprint density at radius 2 is 1.02 bits per heavy atom. The van der Waals surface area contributed by atoms with E-state index in [1.165, 1.54) is 36.4 Å². The smallest absolute Gasteiger partial charge is 0.326 e. The predicted molar refractivity (Wildman–Crippen MR) is 164 cm³/mol. The molecule has 0 aliphatic carbocycles. The fourth-order valence-electron chi connectivity index (χ4n) is 4.48. The highest BCUT2D eigenvalue weighted by Crippen LogP contribution is 2.14. The number of hydrogen-bond acceptors (Lipinski definition) is 8. The summed E-state index contributed by atoms with van der Waals surface area (Å²) >= 11 is 0. The Hall–Kier alpha value is -5.43. The number of carboxylic acids is 1. The summed E-state index contributed by atoms with van der Waals surface area (Å²) in [6.45, 7) is 0. The maximum absolute atomic E-state index is 13.7. The number of carbonyl (C=O) groups excluding carboxylic acids is 4. The van der Waals surface area contributed by atoms with Gasteiger partial charge in [0.2, 0.25) is 23.6 Å². The van der Waals surface area contributed by atoms with Gasteiger partial charge in [-0.1, -0.05) is 54.6 Å². The van der Waals surface area contributed by atoms with E-state index in [1.807, 2.05) is 0 Å². The van der Waals surface area contributed by atoms with Crippen molar-refractivity contribution in [3.8, 4) is 11.5 Å². The van der Waals surface area contributed by atoms with Crippen molar-refractivity contribution >= 4 is 29.6 Å². The normalized spacial score (nSPS) is 13.4. The molecule has 4 atom stereocenters. The number of hydrogen-bond donors (Lipinski definition) is 8. The topological polar surface area (TPSA) is 234 Å². The van der Waals surface area contributed by atoms with E-state index in [4.69, 9.17) is 11.5 Å². The molecule has 0 aromatic heterocycles. The van der Waals surface area contributed by atoms with Crippen LogP contribution in [0.4, 0.5) is 0 Å². The van der Waals surface area contributed by atoms with E-state index in [0.29, 0.717) is 16.7 Å². The zero-order valence-corrected chi connectivity index (χ0v) is 24.4. The average Bonchev–Trinajstić information content (AvgIpc) is 3.00. The first-order valence-corrected chi connectivity index (χ1v) is 14.2. The molecule has 10 N–H and O–H groups in total. The Kier molecular flexibility index (Phi) is 12.4. The average molecular weight is 620 g/mol. The van der Waals surface area contributed by atoms with Gasteiger partial charge >= 0.3 is 5.97 Å². The zero-order valence-electron chi connectivity index (χ0n) is 24.4. The summed E-state index contributed by atoms with van der Waals surface area (Å²) in [5.41, 5.74) is 13.2. The van der Waals surface area contributed by atoms with Crippen LogP contribution in [0, 0.1) is 0 Å². The Labute approximate surface area is 259 Å². The summed E-state index contributed by atoms with van der Waals surface area (Å²) in [5, 5.41) is 36.4. The molecule has 0 fully saturated rings. The van der Waals surface area contributed by atoms with Gasteiger partial charge < -0.3 is 42.7 Å². The minimum Gasteiger partial charge on any atom is -0.508 e. The van der Waals surface area contributed by atoms with Gasteiger partial charge in [-0.25, -0.2) is 4.79 Å². The van der Waals surface area contributed by atoms with E-state index in [1.54, 1.807) is 42.5 Å². The maximum Gasteiger partial charge on any atom is 0.326 e. The van der Waals surface area contributed by atoms with Crippen molar-refractivity contribution in [3.63, 3.8) is 0 Å². The molecule has 0 aliphatic rings. The number of nitrogens with two attached hydrogens (primary N) is 2. The predicted octanol–water partition coefficient (Wildman–Crippen LogP) is 0.258. The Bertz CT molecular complexity index is 1470. The second kappa shape index (κ2) is 16.4. The van der Waals surface area contributed by atoms with Crippen LogP contribution in [0.25, 0.3) is 0 Å². The van der Waals surface area contributed by atoms with Crippen LogP contribution in [0.5, 0.6) is 11.5 Å². The Morgan fingerprint density at radius 1 is 0.600 bits per heavy atom. The van der Waals surface area contributed by atoms with Crippen molar-refractivity contribution in [1.82, 2.24) is 16.0 Å². The minimum absolute atomic E-state index is 0.0181. The number of amides is 4. The number of phenolic OH excluding ortho intramolecular Hbond substituents is 2. The first kappa shape index (κ1) is 34.1. The van der Waals surface area contributed by atoms with Gasteiger partial charge in [0.1, 0.15) is 29.6 Å². The van der Waals surface area contributed by atoms with Gasteiger partial charge in [-0.3, -0.25) is 19.2 Å².